The molecule has 2 aliphatic heterocycles. The number of hydrogen-bond donors (Lipinski definition) is 2. The number of amides is 3. The molecule has 2 aromatic carbocycles. The number of piperazine rings is 2. The Morgan fingerprint density at radius 3 is 2.49 bits per heavy atom. The molecule has 0 aromatic heterocycles. The largest absolute Gasteiger partial charge is 0.369 e. The standard InChI is InChI=1S/C26H32ClN5O3/c1-2-19-6-8-21(9-7-19)29-24(33)17-23-26(35)28-10-11-32(23)25(34)18-30-12-14-31(15-13-30)22-5-3-4-20(27)16-22/h3-9,16,23H,2,10-15,17-18H2,1H3,(H,28,35)(H,29,33). The molecular weight excluding hydrogens is 466 g/mol. The fourth-order valence-corrected chi connectivity index (χ4v) is 4.73. The van der Waals surface area contributed by atoms with Gasteiger partial charge in [0, 0.05) is 55.7 Å². The van der Waals surface area contributed by atoms with Crippen LogP contribution in [-0.2, 0) is 20.8 Å². The minimum absolute atomic E-state index is 0.0738. The van der Waals surface area contributed by atoms with Crippen LogP contribution in [0.4, 0.5) is 11.4 Å². The zero-order valence-electron chi connectivity index (χ0n) is 20.0. The lowest BCUT2D eigenvalue weighted by atomic mass is 10.1. The molecule has 9 heteroatoms. The van der Waals surface area contributed by atoms with Crippen LogP contribution in [0.2, 0.25) is 5.02 Å². The molecular formula is C26H32ClN5O3. The first-order valence-corrected chi connectivity index (χ1v) is 12.5. The van der Waals surface area contributed by atoms with E-state index in [9.17, 15) is 14.4 Å². The molecule has 8 nitrogen and oxygen atoms in total. The van der Waals surface area contributed by atoms with E-state index in [0.717, 1.165) is 38.3 Å². The highest BCUT2D eigenvalue weighted by molar-refractivity contribution is 6.30. The van der Waals surface area contributed by atoms with Crippen LogP contribution in [0.5, 0.6) is 0 Å². The van der Waals surface area contributed by atoms with E-state index >= 15 is 0 Å². The normalized spacial score (nSPS) is 18.8. The van der Waals surface area contributed by atoms with E-state index in [1.54, 1.807) is 4.90 Å². The number of rotatable bonds is 7. The van der Waals surface area contributed by atoms with Crippen LogP contribution < -0.4 is 15.5 Å². The first-order valence-electron chi connectivity index (χ1n) is 12.1. The Hall–Kier alpha value is -3.10. The van der Waals surface area contributed by atoms with Gasteiger partial charge in [0.05, 0.1) is 13.0 Å². The lowest BCUT2D eigenvalue weighted by Gasteiger charge is -2.39. The van der Waals surface area contributed by atoms with Crippen LogP contribution >= 0.6 is 11.6 Å². The Morgan fingerprint density at radius 1 is 1.06 bits per heavy atom. The lowest BCUT2D eigenvalue weighted by Crippen LogP contribution is -2.60. The monoisotopic (exact) mass is 497 g/mol. The summed E-state index contributed by atoms with van der Waals surface area (Å²) in [6, 6.07) is 14.6. The second-order valence-corrected chi connectivity index (χ2v) is 9.38. The first kappa shape index (κ1) is 25.0. The summed E-state index contributed by atoms with van der Waals surface area (Å²) < 4.78 is 0. The average Bonchev–Trinajstić information content (AvgIpc) is 2.86. The van der Waals surface area contributed by atoms with Crippen LogP contribution in [0.25, 0.3) is 0 Å². The van der Waals surface area contributed by atoms with Crippen molar-refractivity contribution in [3.63, 3.8) is 0 Å². The van der Waals surface area contributed by atoms with Gasteiger partial charge in [-0.25, -0.2) is 0 Å². The number of halogens is 1. The fourth-order valence-electron chi connectivity index (χ4n) is 4.55. The van der Waals surface area contributed by atoms with Gasteiger partial charge in [0.15, 0.2) is 0 Å². The van der Waals surface area contributed by atoms with Gasteiger partial charge in [0.2, 0.25) is 17.7 Å². The first-order chi connectivity index (χ1) is 16.9. The minimum Gasteiger partial charge on any atom is -0.369 e. The predicted octanol–water partition coefficient (Wildman–Crippen LogP) is 2.38. The molecule has 1 unspecified atom stereocenters. The number of benzene rings is 2. The van der Waals surface area contributed by atoms with Crippen molar-refractivity contribution in [3.8, 4) is 0 Å². The van der Waals surface area contributed by atoms with Crippen molar-refractivity contribution >= 4 is 40.7 Å². The molecule has 2 fully saturated rings. The van der Waals surface area contributed by atoms with Crippen molar-refractivity contribution in [3.05, 3.63) is 59.1 Å². The van der Waals surface area contributed by atoms with Crippen molar-refractivity contribution in [2.45, 2.75) is 25.8 Å². The van der Waals surface area contributed by atoms with Gasteiger partial charge in [-0.3, -0.25) is 19.3 Å². The highest BCUT2D eigenvalue weighted by Gasteiger charge is 2.35. The van der Waals surface area contributed by atoms with Crippen LogP contribution in [0.1, 0.15) is 18.9 Å². The quantitative estimate of drug-likeness (QED) is 0.613. The summed E-state index contributed by atoms with van der Waals surface area (Å²) in [5, 5.41) is 6.34. The van der Waals surface area contributed by atoms with Crippen LogP contribution in [0.3, 0.4) is 0 Å². The Labute approximate surface area is 211 Å². The molecule has 186 valence electrons. The highest BCUT2D eigenvalue weighted by Crippen LogP contribution is 2.21. The second kappa shape index (κ2) is 11.6. The maximum Gasteiger partial charge on any atom is 0.243 e. The number of hydrogen-bond acceptors (Lipinski definition) is 5. The van der Waals surface area contributed by atoms with Gasteiger partial charge < -0.3 is 20.4 Å². The third kappa shape index (κ3) is 6.52. The summed E-state index contributed by atoms with van der Waals surface area (Å²) >= 11 is 6.12. The molecule has 2 heterocycles. The van der Waals surface area contributed by atoms with Crippen LogP contribution in [0, 0.1) is 0 Å². The van der Waals surface area contributed by atoms with E-state index in [0.29, 0.717) is 23.8 Å². The number of aryl methyl sites for hydroxylation is 1. The number of anilines is 2. The molecule has 1 atom stereocenters. The van der Waals surface area contributed by atoms with Crippen LogP contribution in [0.15, 0.2) is 48.5 Å². The summed E-state index contributed by atoms with van der Waals surface area (Å²) in [4.78, 5) is 44.3. The summed E-state index contributed by atoms with van der Waals surface area (Å²) in [6.07, 6.45) is 0.846. The molecule has 0 radical (unpaired) electrons. The van der Waals surface area contributed by atoms with Crippen molar-refractivity contribution in [1.82, 2.24) is 15.1 Å². The van der Waals surface area contributed by atoms with Gasteiger partial charge in [-0.05, 0) is 42.3 Å². The number of carbonyl (C=O) groups is 3. The molecule has 0 spiro atoms. The predicted molar refractivity (Wildman–Crippen MR) is 138 cm³/mol. The zero-order valence-corrected chi connectivity index (χ0v) is 20.8. The SMILES string of the molecule is CCc1ccc(NC(=O)CC2C(=O)NCCN2C(=O)CN2CCN(c3cccc(Cl)c3)CC2)cc1. The third-order valence-electron chi connectivity index (χ3n) is 6.58. The zero-order chi connectivity index (χ0) is 24.8. The summed E-state index contributed by atoms with van der Waals surface area (Å²) in [5.41, 5.74) is 2.94. The van der Waals surface area contributed by atoms with Gasteiger partial charge in [0.1, 0.15) is 6.04 Å². The van der Waals surface area contributed by atoms with Gasteiger partial charge in [0.25, 0.3) is 0 Å². The topological polar surface area (TPSA) is 85.0 Å². The molecule has 0 bridgehead atoms. The third-order valence-corrected chi connectivity index (χ3v) is 6.82. The van der Waals surface area contributed by atoms with E-state index in [-0.39, 0.29) is 30.7 Å². The molecule has 2 aliphatic rings. The number of nitrogens with zero attached hydrogens (tertiary/aromatic N) is 3. The van der Waals surface area contributed by atoms with Gasteiger partial charge in [-0.2, -0.15) is 0 Å². The maximum absolute atomic E-state index is 13.2. The van der Waals surface area contributed by atoms with Crippen molar-refractivity contribution in [1.29, 1.82) is 0 Å². The molecule has 0 aliphatic carbocycles. The van der Waals surface area contributed by atoms with E-state index in [4.69, 9.17) is 11.6 Å². The maximum atomic E-state index is 13.2. The molecule has 2 aromatic rings. The Bertz CT molecular complexity index is 1050. The van der Waals surface area contributed by atoms with Crippen LogP contribution in [-0.4, -0.2) is 79.4 Å². The summed E-state index contributed by atoms with van der Waals surface area (Å²) in [6.45, 7) is 6.13. The molecule has 3 amide bonds. The van der Waals surface area contributed by atoms with E-state index < -0.39 is 6.04 Å². The molecule has 2 saturated heterocycles. The summed E-state index contributed by atoms with van der Waals surface area (Å²) in [7, 11) is 0. The molecule has 2 N–H and O–H groups in total. The number of nitrogens with one attached hydrogen (secondary N) is 2. The average molecular weight is 498 g/mol. The van der Waals surface area contributed by atoms with Gasteiger partial charge in [-0.1, -0.05) is 36.7 Å². The lowest BCUT2D eigenvalue weighted by molar-refractivity contribution is -0.145. The highest BCUT2D eigenvalue weighted by atomic mass is 35.5. The Balaban J connectivity index is 1.31. The van der Waals surface area contributed by atoms with Crippen molar-refractivity contribution < 1.29 is 14.4 Å². The Kier molecular flexibility index (Phi) is 8.25. The minimum atomic E-state index is -0.807. The molecule has 4 rings (SSSR count). The van der Waals surface area contributed by atoms with Gasteiger partial charge in [-0.15, -0.1) is 0 Å². The Morgan fingerprint density at radius 2 is 1.80 bits per heavy atom. The molecule has 35 heavy (non-hydrogen) atoms. The van der Waals surface area contributed by atoms with E-state index in [2.05, 4.69) is 27.4 Å². The number of carbonyl (C=O) groups excluding carboxylic acids is 3. The summed E-state index contributed by atoms with van der Waals surface area (Å²) in [5.74, 6) is -0.697. The van der Waals surface area contributed by atoms with Gasteiger partial charge >= 0.3 is 0 Å². The van der Waals surface area contributed by atoms with Crippen molar-refractivity contribution in [2.24, 2.45) is 0 Å². The fraction of sp³-hybridized carbons (Fsp3) is 0.423. The second-order valence-electron chi connectivity index (χ2n) is 8.94. The van der Waals surface area contributed by atoms with E-state index in [1.807, 2.05) is 48.5 Å². The van der Waals surface area contributed by atoms with E-state index in [1.165, 1.54) is 5.56 Å². The molecule has 0 saturated carbocycles. The smallest absolute Gasteiger partial charge is 0.243 e. The van der Waals surface area contributed by atoms with Crippen molar-refractivity contribution in [2.75, 3.05) is 56.0 Å².